The average Bonchev–Trinajstić information content (AvgIpc) is 3.02. The van der Waals surface area contributed by atoms with Crippen molar-refractivity contribution in [1.29, 1.82) is 0 Å². The molecule has 154 valence electrons. The fraction of sp³-hybridized carbons (Fsp3) is 0.500. The van der Waals surface area contributed by atoms with Crippen molar-refractivity contribution in [2.75, 3.05) is 12.9 Å². The van der Waals surface area contributed by atoms with Gasteiger partial charge in [0.15, 0.2) is 9.84 Å². The molecule has 2 aromatic rings. The quantitative estimate of drug-likeness (QED) is 0.674. The summed E-state index contributed by atoms with van der Waals surface area (Å²) in [5.41, 5.74) is -0.230. The van der Waals surface area contributed by atoms with Crippen molar-refractivity contribution in [3.05, 3.63) is 41.6 Å². The third kappa shape index (κ3) is 3.81. The zero-order chi connectivity index (χ0) is 20.7. The van der Waals surface area contributed by atoms with Crippen LogP contribution in [0.5, 0.6) is 0 Å². The van der Waals surface area contributed by atoms with E-state index in [1.165, 1.54) is 17.8 Å². The summed E-state index contributed by atoms with van der Waals surface area (Å²) in [6, 6.07) is 5.77. The molecule has 0 amide bonds. The van der Waals surface area contributed by atoms with Gasteiger partial charge in [-0.1, -0.05) is 6.07 Å². The van der Waals surface area contributed by atoms with E-state index in [0.717, 1.165) is 22.9 Å². The minimum Gasteiger partial charge on any atom is -0.372 e. The summed E-state index contributed by atoms with van der Waals surface area (Å²) in [5.74, 6) is 0. The first-order valence-corrected chi connectivity index (χ1v) is 11.3. The van der Waals surface area contributed by atoms with E-state index in [-0.39, 0.29) is 24.3 Å². The zero-order valence-electron chi connectivity index (χ0n) is 15.7. The molecule has 1 aromatic heterocycles. The van der Waals surface area contributed by atoms with Gasteiger partial charge in [0.1, 0.15) is 11.1 Å². The van der Waals surface area contributed by atoms with Gasteiger partial charge in [-0.3, -0.25) is 4.68 Å². The highest BCUT2D eigenvalue weighted by Gasteiger charge is 2.46. The largest absolute Gasteiger partial charge is 0.416 e. The Bertz CT molecular complexity index is 973. The second kappa shape index (κ2) is 7.38. The van der Waals surface area contributed by atoms with Crippen LogP contribution in [0, 0.1) is 0 Å². The third-order valence-electron chi connectivity index (χ3n) is 5.12. The maximum Gasteiger partial charge on any atom is 0.416 e. The van der Waals surface area contributed by atoms with Gasteiger partial charge in [-0.05, 0) is 50.3 Å². The zero-order valence-corrected chi connectivity index (χ0v) is 17.3. The van der Waals surface area contributed by atoms with E-state index >= 15 is 0 Å². The van der Waals surface area contributed by atoms with E-state index in [1.807, 2.05) is 12.3 Å². The molecule has 1 aromatic carbocycles. The molecule has 3 rings (SSSR count). The Hall–Kier alpha value is -1.52. The molecular weight excluding hydrogens is 413 g/mol. The van der Waals surface area contributed by atoms with Gasteiger partial charge in [0.25, 0.3) is 0 Å². The van der Waals surface area contributed by atoms with Gasteiger partial charge in [0.2, 0.25) is 0 Å². The smallest absolute Gasteiger partial charge is 0.372 e. The summed E-state index contributed by atoms with van der Waals surface area (Å²) in [5, 5.41) is 5.12. The van der Waals surface area contributed by atoms with Crippen LogP contribution in [0.2, 0.25) is 0 Å². The van der Waals surface area contributed by atoms with Crippen molar-refractivity contribution in [1.82, 2.24) is 9.78 Å². The Morgan fingerprint density at radius 2 is 2.04 bits per heavy atom. The molecule has 2 unspecified atom stereocenters. The second-order valence-corrected chi connectivity index (χ2v) is 10.3. The number of rotatable bonds is 4. The Morgan fingerprint density at radius 3 is 2.64 bits per heavy atom. The first-order chi connectivity index (χ1) is 13.0. The molecule has 1 aliphatic rings. The number of thioether (sulfide) groups is 1. The lowest BCUT2D eigenvalue weighted by Crippen LogP contribution is -2.42. The number of hydrogen-bond donors (Lipinski definition) is 0. The molecule has 1 fully saturated rings. The molecule has 0 radical (unpaired) electrons. The highest BCUT2D eigenvalue weighted by atomic mass is 32.2. The average molecular weight is 435 g/mol. The number of ether oxygens (including phenoxy) is 1. The first-order valence-electron chi connectivity index (χ1n) is 8.59. The van der Waals surface area contributed by atoms with Gasteiger partial charge in [-0.25, -0.2) is 8.42 Å². The molecule has 0 saturated carbocycles. The highest BCUT2D eigenvalue weighted by Crippen LogP contribution is 2.43. The molecular formula is C18H21F3N2O3S2. The predicted molar refractivity (Wildman–Crippen MR) is 100.0 cm³/mol. The molecule has 1 saturated heterocycles. The van der Waals surface area contributed by atoms with Crippen molar-refractivity contribution in [3.63, 3.8) is 0 Å². The maximum atomic E-state index is 13.3. The fourth-order valence-electron chi connectivity index (χ4n) is 3.38. The highest BCUT2D eigenvalue weighted by molar-refractivity contribution is 7.98. The monoisotopic (exact) mass is 434 g/mol. The van der Waals surface area contributed by atoms with Crippen molar-refractivity contribution in [2.24, 2.45) is 7.05 Å². The minimum absolute atomic E-state index is 0.138. The van der Waals surface area contributed by atoms with Crippen LogP contribution in [0.3, 0.4) is 0 Å². The molecule has 2 heterocycles. The number of benzene rings is 1. The second-order valence-electron chi connectivity index (χ2n) is 7.03. The lowest BCUT2D eigenvalue weighted by atomic mass is 9.95. The first kappa shape index (κ1) is 21.2. The van der Waals surface area contributed by atoms with Crippen molar-refractivity contribution in [2.45, 2.75) is 46.7 Å². The number of sulfone groups is 1. The Kier molecular flexibility index (Phi) is 5.59. The summed E-state index contributed by atoms with van der Waals surface area (Å²) < 4.78 is 71.8. The lowest BCUT2D eigenvalue weighted by Gasteiger charge is -2.37. The van der Waals surface area contributed by atoms with Crippen LogP contribution in [-0.4, -0.2) is 35.8 Å². The molecule has 5 nitrogen and oxygen atoms in total. The SMILES string of the molecule is CSc1cc(C2CC(C)(S(=O)(=O)c3cccc(C(F)(F)F)c3)CCO2)n(C)n1. The van der Waals surface area contributed by atoms with E-state index in [2.05, 4.69) is 5.10 Å². The number of nitrogens with zero attached hydrogens (tertiary/aromatic N) is 2. The van der Waals surface area contributed by atoms with Crippen LogP contribution in [-0.2, 0) is 27.8 Å². The fourth-order valence-corrected chi connectivity index (χ4v) is 5.66. The van der Waals surface area contributed by atoms with Crippen LogP contribution < -0.4 is 0 Å². The number of alkyl halides is 3. The lowest BCUT2D eigenvalue weighted by molar-refractivity contribution is -0.137. The topological polar surface area (TPSA) is 61.2 Å². The van der Waals surface area contributed by atoms with E-state index in [0.29, 0.717) is 6.07 Å². The number of hydrogen-bond acceptors (Lipinski definition) is 5. The van der Waals surface area contributed by atoms with E-state index in [9.17, 15) is 21.6 Å². The molecule has 0 bridgehead atoms. The molecule has 10 heteroatoms. The summed E-state index contributed by atoms with van der Waals surface area (Å²) in [6.07, 6.45) is -2.88. The van der Waals surface area contributed by atoms with Crippen molar-refractivity contribution < 1.29 is 26.3 Å². The summed E-state index contributed by atoms with van der Waals surface area (Å²) in [7, 11) is -2.26. The molecule has 2 atom stereocenters. The normalized spacial score (nSPS) is 23.7. The van der Waals surface area contributed by atoms with Gasteiger partial charge >= 0.3 is 6.18 Å². The van der Waals surface area contributed by atoms with Gasteiger partial charge in [-0.2, -0.15) is 18.3 Å². The van der Waals surface area contributed by atoms with Gasteiger partial charge in [0, 0.05) is 13.7 Å². The van der Waals surface area contributed by atoms with Crippen molar-refractivity contribution in [3.8, 4) is 0 Å². The van der Waals surface area contributed by atoms with Crippen LogP contribution in [0.4, 0.5) is 13.2 Å². The van der Waals surface area contributed by atoms with E-state index < -0.39 is 32.4 Å². The van der Waals surface area contributed by atoms with Gasteiger partial charge in [-0.15, -0.1) is 11.8 Å². The van der Waals surface area contributed by atoms with E-state index in [4.69, 9.17) is 4.74 Å². The standard InChI is InChI=1S/C18H21F3N2O3S2/c1-17(28(24,25)13-6-4-5-12(9-13)18(19,20)21)7-8-26-15(11-17)14-10-16(27-3)22-23(14)2/h4-6,9-10,15H,7-8,11H2,1-3H3. The maximum absolute atomic E-state index is 13.3. The third-order valence-corrected chi connectivity index (χ3v) is 8.28. The minimum atomic E-state index is -4.60. The van der Waals surface area contributed by atoms with Crippen LogP contribution in [0.1, 0.15) is 37.1 Å². The van der Waals surface area contributed by atoms with Gasteiger partial charge in [0.05, 0.1) is 20.9 Å². The molecule has 28 heavy (non-hydrogen) atoms. The predicted octanol–water partition coefficient (Wildman–Crippen LogP) is 4.24. The molecule has 1 aliphatic heterocycles. The number of halogens is 3. The summed E-state index contributed by atoms with van der Waals surface area (Å²) in [4.78, 5) is -0.319. The number of aromatic nitrogens is 2. The Balaban J connectivity index is 1.96. The van der Waals surface area contributed by atoms with Crippen LogP contribution >= 0.6 is 11.8 Å². The Morgan fingerprint density at radius 1 is 1.32 bits per heavy atom. The number of aryl methyl sites for hydroxylation is 1. The van der Waals surface area contributed by atoms with Crippen molar-refractivity contribution >= 4 is 21.6 Å². The van der Waals surface area contributed by atoms with E-state index in [1.54, 1.807) is 18.7 Å². The Labute approximate surface area is 166 Å². The molecule has 0 N–H and O–H groups in total. The van der Waals surface area contributed by atoms with Crippen LogP contribution in [0.15, 0.2) is 40.3 Å². The molecule has 0 spiro atoms. The summed E-state index contributed by atoms with van der Waals surface area (Å²) >= 11 is 1.46. The summed E-state index contributed by atoms with van der Waals surface area (Å²) in [6.45, 7) is 1.77. The van der Waals surface area contributed by atoms with Gasteiger partial charge < -0.3 is 4.74 Å². The van der Waals surface area contributed by atoms with Crippen LogP contribution in [0.25, 0.3) is 0 Å². The molecule has 0 aliphatic carbocycles.